The molecule has 0 aliphatic heterocycles. The zero-order valence-electron chi connectivity index (χ0n) is 10.8. The van der Waals surface area contributed by atoms with Gasteiger partial charge in [0.2, 0.25) is 5.89 Å². The number of hydrogen-bond acceptors (Lipinski definition) is 4. The number of hydrogen-bond donors (Lipinski definition) is 0. The van der Waals surface area contributed by atoms with E-state index in [1.165, 1.54) is 11.8 Å². The molecule has 0 atom stereocenters. The second-order valence-electron chi connectivity index (χ2n) is 4.26. The first-order valence-electron chi connectivity index (χ1n) is 6.18. The summed E-state index contributed by atoms with van der Waals surface area (Å²) in [5, 5.41) is 9.41. The molecule has 3 aromatic rings. The van der Waals surface area contributed by atoms with Crippen molar-refractivity contribution in [3.05, 3.63) is 63.6 Å². The molecule has 6 heteroatoms. The Labute approximate surface area is 139 Å². The van der Waals surface area contributed by atoms with Crippen molar-refractivity contribution in [3.63, 3.8) is 0 Å². The van der Waals surface area contributed by atoms with E-state index in [0.29, 0.717) is 16.9 Å². The van der Waals surface area contributed by atoms with Crippen molar-refractivity contribution in [2.24, 2.45) is 0 Å². The molecular weight excluding hydrogens is 372 g/mol. The summed E-state index contributed by atoms with van der Waals surface area (Å²) in [6, 6.07) is 15.5. The molecule has 0 unspecified atom stereocenters. The van der Waals surface area contributed by atoms with E-state index < -0.39 is 0 Å². The van der Waals surface area contributed by atoms with E-state index in [1.54, 1.807) is 0 Å². The van der Waals surface area contributed by atoms with Gasteiger partial charge < -0.3 is 4.42 Å². The third-order valence-electron chi connectivity index (χ3n) is 2.79. The molecule has 0 saturated heterocycles. The van der Waals surface area contributed by atoms with Gasteiger partial charge in [0.05, 0.1) is 0 Å². The molecule has 0 N–H and O–H groups in total. The van der Waals surface area contributed by atoms with Crippen LogP contribution in [0.2, 0.25) is 5.02 Å². The van der Waals surface area contributed by atoms with Gasteiger partial charge >= 0.3 is 0 Å². The summed E-state index contributed by atoms with van der Waals surface area (Å²) in [7, 11) is 0. The number of halogens is 2. The SMILES string of the molecule is Clc1ccccc1CSc1nnc(-c2cccc(Br)c2)o1. The molecule has 21 heavy (non-hydrogen) atoms. The van der Waals surface area contributed by atoms with Gasteiger partial charge in [0, 0.05) is 20.8 Å². The Morgan fingerprint density at radius 1 is 1.10 bits per heavy atom. The minimum absolute atomic E-state index is 0.512. The lowest BCUT2D eigenvalue weighted by Crippen LogP contribution is -1.81. The van der Waals surface area contributed by atoms with Gasteiger partial charge in [0.1, 0.15) is 0 Å². The van der Waals surface area contributed by atoms with Gasteiger partial charge in [-0.2, -0.15) is 0 Å². The van der Waals surface area contributed by atoms with Crippen molar-refractivity contribution in [1.82, 2.24) is 10.2 Å². The van der Waals surface area contributed by atoms with Crippen molar-refractivity contribution in [3.8, 4) is 11.5 Å². The fourth-order valence-corrected chi connectivity index (χ4v) is 3.21. The zero-order valence-corrected chi connectivity index (χ0v) is 14.0. The number of thioether (sulfide) groups is 1. The van der Waals surface area contributed by atoms with E-state index in [2.05, 4.69) is 26.1 Å². The maximum atomic E-state index is 6.12. The monoisotopic (exact) mass is 380 g/mol. The lowest BCUT2D eigenvalue weighted by Gasteiger charge is -2.00. The van der Waals surface area contributed by atoms with Crippen molar-refractivity contribution in [1.29, 1.82) is 0 Å². The van der Waals surface area contributed by atoms with Crippen LogP contribution in [0.25, 0.3) is 11.5 Å². The average molecular weight is 382 g/mol. The van der Waals surface area contributed by atoms with Crippen LogP contribution < -0.4 is 0 Å². The highest BCUT2D eigenvalue weighted by atomic mass is 79.9. The molecule has 0 spiro atoms. The maximum absolute atomic E-state index is 6.12. The van der Waals surface area contributed by atoms with Crippen LogP contribution in [0.3, 0.4) is 0 Å². The topological polar surface area (TPSA) is 38.9 Å². The second kappa shape index (κ2) is 6.64. The highest BCUT2D eigenvalue weighted by Gasteiger charge is 2.10. The van der Waals surface area contributed by atoms with Crippen molar-refractivity contribution in [2.75, 3.05) is 0 Å². The molecule has 1 heterocycles. The number of rotatable bonds is 4. The van der Waals surface area contributed by atoms with Gasteiger partial charge in [-0.15, -0.1) is 10.2 Å². The van der Waals surface area contributed by atoms with E-state index in [9.17, 15) is 0 Å². The highest BCUT2D eigenvalue weighted by molar-refractivity contribution is 9.10. The van der Waals surface area contributed by atoms with Gasteiger partial charge in [0.25, 0.3) is 5.22 Å². The Hall–Kier alpha value is -1.30. The van der Waals surface area contributed by atoms with Gasteiger partial charge in [-0.05, 0) is 29.8 Å². The molecule has 0 radical (unpaired) electrons. The number of benzene rings is 2. The Kier molecular flexibility index (Phi) is 4.63. The van der Waals surface area contributed by atoms with E-state index in [-0.39, 0.29) is 0 Å². The molecule has 2 aromatic carbocycles. The molecule has 0 aliphatic carbocycles. The molecule has 1 aromatic heterocycles. The third kappa shape index (κ3) is 3.67. The van der Waals surface area contributed by atoms with E-state index >= 15 is 0 Å². The average Bonchev–Trinajstić information content (AvgIpc) is 2.95. The van der Waals surface area contributed by atoms with Crippen LogP contribution in [0.1, 0.15) is 5.56 Å². The first kappa shape index (κ1) is 14.6. The Morgan fingerprint density at radius 2 is 1.95 bits per heavy atom. The molecule has 0 fully saturated rings. The quantitative estimate of drug-likeness (QED) is 0.564. The summed E-state index contributed by atoms with van der Waals surface area (Å²) in [5.41, 5.74) is 1.94. The van der Waals surface area contributed by atoms with Gasteiger partial charge in [-0.3, -0.25) is 0 Å². The summed E-state index contributed by atoms with van der Waals surface area (Å²) in [4.78, 5) is 0. The van der Waals surface area contributed by atoms with Crippen LogP contribution in [0.5, 0.6) is 0 Å². The van der Waals surface area contributed by atoms with Gasteiger partial charge in [-0.25, -0.2) is 0 Å². The summed E-state index contributed by atoms with van der Waals surface area (Å²) < 4.78 is 6.64. The van der Waals surface area contributed by atoms with E-state index in [1.807, 2.05) is 48.5 Å². The lowest BCUT2D eigenvalue weighted by atomic mass is 10.2. The summed E-state index contributed by atoms with van der Waals surface area (Å²) in [6.07, 6.45) is 0. The van der Waals surface area contributed by atoms with Crippen LogP contribution in [-0.4, -0.2) is 10.2 Å². The summed E-state index contributed by atoms with van der Waals surface area (Å²) >= 11 is 11.0. The first-order chi connectivity index (χ1) is 10.2. The Balaban J connectivity index is 1.72. The summed E-state index contributed by atoms with van der Waals surface area (Å²) in [5.74, 6) is 1.21. The smallest absolute Gasteiger partial charge is 0.277 e. The van der Waals surface area contributed by atoms with Crippen LogP contribution in [0, 0.1) is 0 Å². The van der Waals surface area contributed by atoms with Gasteiger partial charge in [-0.1, -0.05) is 63.6 Å². The van der Waals surface area contributed by atoms with Gasteiger partial charge in [0.15, 0.2) is 0 Å². The first-order valence-corrected chi connectivity index (χ1v) is 8.34. The molecule has 3 nitrogen and oxygen atoms in total. The highest BCUT2D eigenvalue weighted by Crippen LogP contribution is 2.28. The largest absolute Gasteiger partial charge is 0.411 e. The molecule has 3 rings (SSSR count). The van der Waals surface area contributed by atoms with Crippen LogP contribution in [0.4, 0.5) is 0 Å². The lowest BCUT2D eigenvalue weighted by molar-refractivity contribution is 0.466. The minimum Gasteiger partial charge on any atom is -0.411 e. The Bertz CT molecular complexity index is 763. The third-order valence-corrected chi connectivity index (χ3v) is 4.52. The standard InChI is InChI=1S/C15H10BrClN2OS/c16-12-6-3-5-10(8-12)14-18-19-15(20-14)21-9-11-4-1-2-7-13(11)17/h1-8H,9H2. The number of nitrogens with zero attached hydrogens (tertiary/aromatic N) is 2. The van der Waals surface area contributed by atoms with E-state index in [4.69, 9.17) is 16.0 Å². The van der Waals surface area contributed by atoms with Crippen LogP contribution in [-0.2, 0) is 5.75 Å². The fraction of sp³-hybridized carbons (Fsp3) is 0.0667. The molecule has 0 saturated carbocycles. The van der Waals surface area contributed by atoms with E-state index in [0.717, 1.165) is 20.6 Å². The predicted octanol–water partition coefficient (Wildman–Crippen LogP) is 5.44. The fourth-order valence-electron chi connectivity index (χ4n) is 1.76. The molecular formula is C15H10BrClN2OS. The molecule has 0 amide bonds. The zero-order chi connectivity index (χ0) is 14.7. The van der Waals surface area contributed by atoms with Crippen molar-refractivity contribution >= 4 is 39.3 Å². The minimum atomic E-state index is 0.512. The predicted molar refractivity (Wildman–Crippen MR) is 88.4 cm³/mol. The van der Waals surface area contributed by atoms with Crippen molar-refractivity contribution < 1.29 is 4.42 Å². The van der Waals surface area contributed by atoms with Crippen LogP contribution in [0.15, 0.2) is 62.6 Å². The molecule has 0 bridgehead atoms. The van der Waals surface area contributed by atoms with Crippen LogP contribution >= 0.6 is 39.3 Å². The van der Waals surface area contributed by atoms with Crippen molar-refractivity contribution in [2.45, 2.75) is 11.0 Å². The normalized spacial score (nSPS) is 10.8. The molecule has 106 valence electrons. The summed E-state index contributed by atoms with van der Waals surface area (Å²) in [6.45, 7) is 0. The second-order valence-corrected chi connectivity index (χ2v) is 6.51. The number of aromatic nitrogens is 2. The maximum Gasteiger partial charge on any atom is 0.277 e. The molecule has 0 aliphatic rings. The Morgan fingerprint density at radius 3 is 2.76 bits per heavy atom.